The van der Waals surface area contributed by atoms with Crippen LogP contribution in [0.25, 0.3) is 10.9 Å². The molecule has 5 rings (SSSR count). The van der Waals surface area contributed by atoms with Crippen molar-refractivity contribution in [2.24, 2.45) is 0 Å². The normalized spacial score (nSPS) is 12.9. The predicted octanol–water partition coefficient (Wildman–Crippen LogP) is 5.25. The van der Waals surface area contributed by atoms with Crippen molar-refractivity contribution in [2.45, 2.75) is 32.9 Å². The SMILES string of the molecule is Cc1cccc(CCN(Cc2cc3cc4c(cc3[nH]c2=O)OCO4)C(=S)N[C@@H](C)c2ccccc2)c1. The fourth-order valence-corrected chi connectivity index (χ4v) is 4.78. The lowest BCUT2D eigenvalue weighted by Gasteiger charge is -2.28. The predicted molar refractivity (Wildman–Crippen MR) is 147 cm³/mol. The van der Waals surface area contributed by atoms with Gasteiger partial charge in [-0.2, -0.15) is 0 Å². The summed E-state index contributed by atoms with van der Waals surface area (Å²) < 4.78 is 11.0. The third-order valence-electron chi connectivity index (χ3n) is 6.46. The number of hydrogen-bond acceptors (Lipinski definition) is 4. The summed E-state index contributed by atoms with van der Waals surface area (Å²) in [6.07, 6.45) is 0.813. The molecule has 6 nitrogen and oxygen atoms in total. The maximum Gasteiger partial charge on any atom is 0.253 e. The zero-order valence-corrected chi connectivity index (χ0v) is 21.2. The molecule has 0 bridgehead atoms. The fraction of sp³-hybridized carbons (Fsp3) is 0.241. The maximum absolute atomic E-state index is 13.0. The Hall–Kier alpha value is -3.84. The van der Waals surface area contributed by atoms with Crippen LogP contribution in [0.15, 0.2) is 77.6 Å². The fourth-order valence-electron chi connectivity index (χ4n) is 4.45. The molecule has 0 saturated heterocycles. The van der Waals surface area contributed by atoms with E-state index in [1.807, 2.05) is 36.4 Å². The molecule has 1 aliphatic rings. The van der Waals surface area contributed by atoms with Gasteiger partial charge in [-0.3, -0.25) is 4.79 Å². The average molecular weight is 500 g/mol. The standard InChI is InChI=1S/C29H29N3O3S/c1-19-7-6-8-21(13-19)11-12-32(29(36)30-20(2)22-9-4-3-5-10-22)17-24-14-23-15-26-27(35-18-34-26)16-25(23)31-28(24)33/h3-10,13-16,20H,11-12,17-18H2,1-2H3,(H,30,36)(H,31,33)/t20-/m0/s1. The first kappa shape index (κ1) is 23.9. The summed E-state index contributed by atoms with van der Waals surface area (Å²) in [6.45, 7) is 5.43. The van der Waals surface area contributed by atoms with Gasteiger partial charge in [0.2, 0.25) is 6.79 Å². The first-order valence-electron chi connectivity index (χ1n) is 12.1. The molecular weight excluding hydrogens is 470 g/mol. The van der Waals surface area contributed by atoms with Crippen molar-refractivity contribution in [3.05, 3.63) is 105 Å². The van der Waals surface area contributed by atoms with Gasteiger partial charge in [0.15, 0.2) is 16.6 Å². The molecular formula is C29H29N3O3S. The maximum atomic E-state index is 13.0. The molecule has 1 aromatic heterocycles. The number of rotatable bonds is 7. The van der Waals surface area contributed by atoms with Crippen LogP contribution >= 0.6 is 12.2 Å². The molecule has 0 spiro atoms. The number of aryl methyl sites for hydroxylation is 1. The number of thiocarbonyl (C=S) groups is 1. The molecule has 1 atom stereocenters. The second-order valence-electron chi connectivity index (χ2n) is 9.16. The number of nitrogens with zero attached hydrogens (tertiary/aromatic N) is 1. The minimum atomic E-state index is -0.138. The smallest absolute Gasteiger partial charge is 0.253 e. The summed E-state index contributed by atoms with van der Waals surface area (Å²) in [5.41, 5.74) is 4.83. The van der Waals surface area contributed by atoms with E-state index >= 15 is 0 Å². The zero-order valence-electron chi connectivity index (χ0n) is 20.4. The highest BCUT2D eigenvalue weighted by Crippen LogP contribution is 2.35. The molecule has 2 N–H and O–H groups in total. The van der Waals surface area contributed by atoms with Crippen molar-refractivity contribution in [2.75, 3.05) is 13.3 Å². The highest BCUT2D eigenvalue weighted by Gasteiger charge is 2.18. The van der Waals surface area contributed by atoms with E-state index in [0.717, 1.165) is 22.9 Å². The Bertz CT molecular complexity index is 1450. The number of aromatic amines is 1. The molecule has 184 valence electrons. The summed E-state index contributed by atoms with van der Waals surface area (Å²) in [4.78, 5) is 18.1. The van der Waals surface area contributed by atoms with Crippen molar-refractivity contribution in [1.82, 2.24) is 15.2 Å². The first-order chi connectivity index (χ1) is 17.5. The highest BCUT2D eigenvalue weighted by molar-refractivity contribution is 7.80. The van der Waals surface area contributed by atoms with Crippen molar-refractivity contribution < 1.29 is 9.47 Å². The van der Waals surface area contributed by atoms with Gasteiger partial charge in [0.25, 0.3) is 5.56 Å². The molecule has 0 fully saturated rings. The summed E-state index contributed by atoms with van der Waals surface area (Å²) in [6, 6.07) is 24.3. The number of fused-ring (bicyclic) bond motifs is 2. The molecule has 3 aromatic carbocycles. The van der Waals surface area contributed by atoms with Crippen LogP contribution in [0.2, 0.25) is 0 Å². The number of aromatic nitrogens is 1. The van der Waals surface area contributed by atoms with Crippen LogP contribution in [-0.2, 0) is 13.0 Å². The quantitative estimate of drug-likeness (QED) is 0.339. The van der Waals surface area contributed by atoms with Gasteiger partial charge in [0.1, 0.15) is 0 Å². The number of ether oxygens (including phenoxy) is 2. The first-order valence-corrected chi connectivity index (χ1v) is 12.5. The van der Waals surface area contributed by atoms with E-state index < -0.39 is 0 Å². The molecule has 1 aliphatic heterocycles. The molecule has 4 aromatic rings. The Morgan fingerprint density at radius 2 is 1.83 bits per heavy atom. The van der Waals surface area contributed by atoms with Gasteiger partial charge in [-0.1, -0.05) is 60.2 Å². The number of nitrogens with one attached hydrogen (secondary N) is 2. The Morgan fingerprint density at radius 1 is 1.06 bits per heavy atom. The minimum absolute atomic E-state index is 0.0368. The van der Waals surface area contributed by atoms with Gasteiger partial charge in [0.05, 0.1) is 18.1 Å². The highest BCUT2D eigenvalue weighted by atomic mass is 32.1. The average Bonchev–Trinajstić information content (AvgIpc) is 3.33. The number of benzene rings is 3. The number of H-pyrrole nitrogens is 1. The van der Waals surface area contributed by atoms with Gasteiger partial charge < -0.3 is 24.7 Å². The lowest BCUT2D eigenvalue weighted by molar-refractivity contribution is 0.174. The van der Waals surface area contributed by atoms with Crippen LogP contribution in [0, 0.1) is 6.92 Å². The number of pyridine rings is 1. The second kappa shape index (κ2) is 10.4. The molecule has 36 heavy (non-hydrogen) atoms. The topological polar surface area (TPSA) is 66.6 Å². The molecule has 0 aliphatic carbocycles. The lowest BCUT2D eigenvalue weighted by Crippen LogP contribution is -2.42. The third kappa shape index (κ3) is 5.36. The van der Waals surface area contributed by atoms with Crippen LogP contribution < -0.4 is 20.3 Å². The summed E-state index contributed by atoms with van der Waals surface area (Å²) >= 11 is 5.86. The van der Waals surface area contributed by atoms with Crippen LogP contribution in [0.5, 0.6) is 11.5 Å². The van der Waals surface area contributed by atoms with E-state index in [9.17, 15) is 4.79 Å². The van der Waals surface area contributed by atoms with E-state index in [-0.39, 0.29) is 18.4 Å². The van der Waals surface area contributed by atoms with Gasteiger partial charge >= 0.3 is 0 Å². The van der Waals surface area contributed by atoms with Crippen LogP contribution in [0.3, 0.4) is 0 Å². The monoisotopic (exact) mass is 499 g/mol. The van der Waals surface area contributed by atoms with E-state index in [1.165, 1.54) is 11.1 Å². The van der Waals surface area contributed by atoms with E-state index in [4.69, 9.17) is 21.7 Å². The molecule has 7 heteroatoms. The van der Waals surface area contributed by atoms with E-state index in [0.29, 0.717) is 35.3 Å². The van der Waals surface area contributed by atoms with E-state index in [2.05, 4.69) is 65.4 Å². The number of hydrogen-bond donors (Lipinski definition) is 2. The largest absolute Gasteiger partial charge is 0.454 e. The van der Waals surface area contributed by atoms with Gasteiger partial charge in [-0.25, -0.2) is 0 Å². The van der Waals surface area contributed by atoms with Crippen molar-refractivity contribution in [3.8, 4) is 11.5 Å². The van der Waals surface area contributed by atoms with Crippen molar-refractivity contribution in [1.29, 1.82) is 0 Å². The summed E-state index contributed by atoms with van der Waals surface area (Å²) in [7, 11) is 0. The summed E-state index contributed by atoms with van der Waals surface area (Å²) in [5, 5.41) is 4.97. The van der Waals surface area contributed by atoms with E-state index in [1.54, 1.807) is 0 Å². The Labute approximate surface area is 215 Å². The summed E-state index contributed by atoms with van der Waals surface area (Å²) in [5.74, 6) is 1.33. The van der Waals surface area contributed by atoms with Crippen molar-refractivity contribution in [3.63, 3.8) is 0 Å². The molecule has 0 unspecified atom stereocenters. The third-order valence-corrected chi connectivity index (χ3v) is 6.83. The van der Waals surface area contributed by atoms with Gasteiger partial charge in [-0.15, -0.1) is 0 Å². The molecule has 0 saturated carbocycles. The van der Waals surface area contributed by atoms with Crippen LogP contribution in [-0.4, -0.2) is 28.3 Å². The van der Waals surface area contributed by atoms with Crippen LogP contribution in [0.4, 0.5) is 0 Å². The van der Waals surface area contributed by atoms with Crippen molar-refractivity contribution >= 4 is 28.2 Å². The Morgan fingerprint density at radius 3 is 2.61 bits per heavy atom. The zero-order chi connectivity index (χ0) is 25.1. The molecule has 0 amide bonds. The Balaban J connectivity index is 1.40. The molecule has 0 radical (unpaired) electrons. The molecule has 2 heterocycles. The van der Waals surface area contributed by atoms with Crippen LogP contribution in [0.1, 0.15) is 35.2 Å². The Kier molecular flexibility index (Phi) is 6.91. The van der Waals surface area contributed by atoms with Gasteiger partial charge in [0, 0.05) is 23.6 Å². The lowest BCUT2D eigenvalue weighted by atomic mass is 10.1. The second-order valence-corrected chi connectivity index (χ2v) is 9.55. The van der Waals surface area contributed by atoms with Gasteiger partial charge in [-0.05, 0) is 55.7 Å². The minimum Gasteiger partial charge on any atom is -0.454 e.